The number of ether oxygens (including phenoxy) is 1. The fraction of sp³-hybridized carbons (Fsp3) is 0.261. The minimum Gasteiger partial charge on any atom is -0.462 e. The van der Waals surface area contributed by atoms with Crippen LogP contribution in [0.3, 0.4) is 0 Å². The van der Waals surface area contributed by atoms with Crippen molar-refractivity contribution in [3.8, 4) is 0 Å². The molecular weight excluding hydrogens is 753 g/mol. The highest BCUT2D eigenvalue weighted by Gasteiger charge is 2.31. The molecule has 9 nitrogen and oxygen atoms in total. The minimum absolute atomic E-state index is 0.0873. The predicted molar refractivity (Wildman–Crippen MR) is 231 cm³/mol. The lowest BCUT2D eigenvalue weighted by Crippen LogP contribution is -2.30. The number of rotatable bonds is 15. The van der Waals surface area contributed by atoms with E-state index < -0.39 is 23.0 Å². The smallest absolute Gasteiger partial charge is 0.341 e. The first-order chi connectivity index (χ1) is 27.6. The molecule has 0 aliphatic carbocycles. The standard InChI is InChI=1S/C46H48N4O5S2/c1-5-39(44(53)49-45-41(46(54)55-6-2)37-24-25-50(29-40(37)57-45)28-32-14-9-7-10-15-32)56-36-19-13-18-35(27-36)47-43(52)38(48-42(51)34-16-11-8-12-17-34)26-31-20-22-33(23-21-31)30(3)4/h7-23,26-27,30,39H,5-6,24-25,28-29H2,1-4H3,(H,47,52)(H,48,51)(H,49,53)/b38-26+. The van der Waals surface area contributed by atoms with Gasteiger partial charge in [0, 0.05) is 40.7 Å². The first-order valence-corrected chi connectivity index (χ1v) is 21.0. The summed E-state index contributed by atoms with van der Waals surface area (Å²) in [6, 6.07) is 34.2. The number of thioether (sulfide) groups is 1. The third kappa shape index (κ3) is 10.9. The predicted octanol–water partition coefficient (Wildman–Crippen LogP) is 9.53. The maximum atomic E-state index is 13.9. The Morgan fingerprint density at radius 2 is 1.60 bits per heavy atom. The molecule has 3 N–H and O–H groups in total. The van der Waals surface area contributed by atoms with Crippen molar-refractivity contribution in [1.82, 2.24) is 10.2 Å². The molecule has 0 saturated carbocycles. The molecule has 4 aromatic carbocycles. The molecule has 3 amide bonds. The number of carbonyl (C=O) groups is 4. The molecule has 0 bridgehead atoms. The lowest BCUT2D eigenvalue weighted by Gasteiger charge is -2.27. The normalized spacial score (nSPS) is 13.4. The van der Waals surface area contributed by atoms with Gasteiger partial charge in [-0.15, -0.1) is 23.1 Å². The highest BCUT2D eigenvalue weighted by atomic mass is 32.2. The van der Waals surface area contributed by atoms with E-state index in [0.29, 0.717) is 47.1 Å². The summed E-state index contributed by atoms with van der Waals surface area (Å²) < 4.78 is 5.47. The molecule has 57 heavy (non-hydrogen) atoms. The van der Waals surface area contributed by atoms with Crippen LogP contribution in [0, 0.1) is 0 Å². The average Bonchev–Trinajstić information content (AvgIpc) is 3.57. The van der Waals surface area contributed by atoms with E-state index in [0.717, 1.165) is 34.0 Å². The van der Waals surface area contributed by atoms with E-state index in [1.54, 1.807) is 43.3 Å². The van der Waals surface area contributed by atoms with Gasteiger partial charge in [-0.25, -0.2) is 4.79 Å². The SMILES string of the molecule is CCOC(=O)c1c(NC(=O)C(CC)Sc2cccc(NC(=O)/C(=C\c3ccc(C(C)C)cc3)NC(=O)c3ccccc3)c2)sc2c1CCN(Cc1ccccc1)C2. The molecule has 11 heteroatoms. The fourth-order valence-electron chi connectivity index (χ4n) is 6.55. The van der Waals surface area contributed by atoms with E-state index >= 15 is 0 Å². The van der Waals surface area contributed by atoms with E-state index in [1.807, 2.05) is 73.7 Å². The van der Waals surface area contributed by atoms with Gasteiger partial charge >= 0.3 is 5.97 Å². The molecule has 294 valence electrons. The van der Waals surface area contributed by atoms with Crippen LogP contribution in [0.25, 0.3) is 6.08 Å². The lowest BCUT2D eigenvalue weighted by molar-refractivity contribution is -0.116. The van der Waals surface area contributed by atoms with E-state index in [2.05, 4.69) is 46.8 Å². The van der Waals surface area contributed by atoms with Gasteiger partial charge in [0.1, 0.15) is 10.7 Å². The van der Waals surface area contributed by atoms with Gasteiger partial charge in [0.2, 0.25) is 5.91 Å². The van der Waals surface area contributed by atoms with Crippen molar-refractivity contribution in [2.24, 2.45) is 0 Å². The molecule has 0 fully saturated rings. The molecule has 5 aromatic rings. The molecule has 1 atom stereocenters. The van der Waals surface area contributed by atoms with Crippen molar-refractivity contribution in [1.29, 1.82) is 0 Å². The van der Waals surface area contributed by atoms with Gasteiger partial charge in [-0.05, 0) is 84.3 Å². The van der Waals surface area contributed by atoms with Crippen LogP contribution < -0.4 is 16.0 Å². The van der Waals surface area contributed by atoms with Gasteiger partial charge in [-0.3, -0.25) is 19.3 Å². The molecule has 0 saturated heterocycles. The number of hydrogen-bond donors (Lipinski definition) is 3. The van der Waals surface area contributed by atoms with Gasteiger partial charge in [0.05, 0.1) is 17.4 Å². The number of thiophene rings is 1. The number of nitrogens with zero attached hydrogens (tertiary/aromatic N) is 1. The molecule has 1 unspecified atom stereocenters. The van der Waals surface area contributed by atoms with Crippen molar-refractivity contribution in [3.63, 3.8) is 0 Å². The quantitative estimate of drug-likeness (QED) is 0.0549. The molecular formula is C46H48N4O5S2. The fourth-order valence-corrected chi connectivity index (χ4v) is 8.85. The van der Waals surface area contributed by atoms with Crippen LogP contribution in [0.2, 0.25) is 0 Å². The summed E-state index contributed by atoms with van der Waals surface area (Å²) in [4.78, 5) is 58.3. The number of hydrogen-bond acceptors (Lipinski definition) is 8. The maximum absolute atomic E-state index is 13.9. The van der Waals surface area contributed by atoms with Crippen molar-refractivity contribution in [3.05, 3.63) is 153 Å². The highest BCUT2D eigenvalue weighted by molar-refractivity contribution is 8.00. The minimum atomic E-state index is -0.492. The maximum Gasteiger partial charge on any atom is 0.341 e. The van der Waals surface area contributed by atoms with Gasteiger partial charge < -0.3 is 20.7 Å². The van der Waals surface area contributed by atoms with E-state index in [-0.39, 0.29) is 18.2 Å². The molecule has 1 aliphatic rings. The number of anilines is 2. The summed E-state index contributed by atoms with van der Waals surface area (Å²) in [7, 11) is 0. The van der Waals surface area contributed by atoms with Crippen molar-refractivity contribution < 1.29 is 23.9 Å². The summed E-state index contributed by atoms with van der Waals surface area (Å²) in [6.45, 7) is 10.5. The van der Waals surface area contributed by atoms with Gasteiger partial charge in [0.15, 0.2) is 0 Å². The second-order valence-corrected chi connectivity index (χ2v) is 16.4. The van der Waals surface area contributed by atoms with Crippen LogP contribution in [0.1, 0.15) is 87.9 Å². The summed E-state index contributed by atoms with van der Waals surface area (Å²) in [5.41, 5.74) is 5.57. The number of esters is 1. The third-order valence-corrected chi connectivity index (χ3v) is 12.1. The van der Waals surface area contributed by atoms with E-state index in [1.165, 1.54) is 34.2 Å². The van der Waals surface area contributed by atoms with Gasteiger partial charge in [-0.1, -0.05) is 99.6 Å². The largest absolute Gasteiger partial charge is 0.462 e. The summed E-state index contributed by atoms with van der Waals surface area (Å²) in [5, 5.41) is 8.85. The van der Waals surface area contributed by atoms with Crippen LogP contribution in [0.15, 0.2) is 120 Å². The number of fused-ring (bicyclic) bond motifs is 1. The van der Waals surface area contributed by atoms with Crippen LogP contribution in [-0.4, -0.2) is 47.0 Å². The first kappa shape index (κ1) is 41.2. The Morgan fingerprint density at radius 3 is 2.28 bits per heavy atom. The van der Waals surface area contributed by atoms with E-state index in [4.69, 9.17) is 4.74 Å². The lowest BCUT2D eigenvalue weighted by atomic mass is 10.0. The summed E-state index contributed by atoms with van der Waals surface area (Å²) in [5.74, 6) is -1.19. The van der Waals surface area contributed by atoms with Crippen LogP contribution in [-0.2, 0) is 33.8 Å². The molecule has 0 radical (unpaired) electrons. The van der Waals surface area contributed by atoms with Crippen LogP contribution >= 0.6 is 23.1 Å². The Balaban J connectivity index is 1.17. The number of nitrogens with one attached hydrogen (secondary N) is 3. The number of amides is 3. The van der Waals surface area contributed by atoms with Crippen LogP contribution in [0.4, 0.5) is 10.7 Å². The molecule has 1 aliphatic heterocycles. The molecule has 2 heterocycles. The Labute approximate surface area is 342 Å². The zero-order chi connectivity index (χ0) is 40.3. The number of benzene rings is 4. The third-order valence-electron chi connectivity index (χ3n) is 9.58. The monoisotopic (exact) mass is 800 g/mol. The van der Waals surface area contributed by atoms with Crippen molar-refractivity contribution >= 4 is 63.6 Å². The highest BCUT2D eigenvalue weighted by Crippen LogP contribution is 2.39. The van der Waals surface area contributed by atoms with Crippen molar-refractivity contribution in [2.75, 3.05) is 23.8 Å². The zero-order valence-electron chi connectivity index (χ0n) is 32.7. The molecule has 6 rings (SSSR count). The topological polar surface area (TPSA) is 117 Å². The van der Waals surface area contributed by atoms with Gasteiger partial charge in [-0.2, -0.15) is 0 Å². The second kappa shape index (κ2) is 19.6. The molecule has 0 spiro atoms. The Bertz CT molecular complexity index is 2220. The van der Waals surface area contributed by atoms with Gasteiger partial charge in [0.25, 0.3) is 11.8 Å². The Hall–Kier alpha value is -5.49. The second-order valence-electron chi connectivity index (χ2n) is 14.1. The summed E-state index contributed by atoms with van der Waals surface area (Å²) in [6.07, 6.45) is 2.86. The van der Waals surface area contributed by atoms with Crippen LogP contribution in [0.5, 0.6) is 0 Å². The number of carbonyl (C=O) groups excluding carboxylic acids is 4. The molecule has 1 aromatic heterocycles. The first-order valence-electron chi connectivity index (χ1n) is 19.3. The van der Waals surface area contributed by atoms with Crippen molar-refractivity contribution in [2.45, 2.75) is 69.7 Å². The zero-order valence-corrected chi connectivity index (χ0v) is 34.3. The van der Waals surface area contributed by atoms with E-state index in [9.17, 15) is 19.2 Å². The Kier molecular flexibility index (Phi) is 14.1. The summed E-state index contributed by atoms with van der Waals surface area (Å²) >= 11 is 2.82. The average molecular weight is 801 g/mol. The Morgan fingerprint density at radius 1 is 0.877 bits per heavy atom.